The van der Waals surface area contributed by atoms with Crippen LogP contribution in [0.3, 0.4) is 0 Å². The van der Waals surface area contributed by atoms with Gasteiger partial charge in [0.1, 0.15) is 6.04 Å². The van der Waals surface area contributed by atoms with Crippen molar-refractivity contribution in [3.8, 4) is 0 Å². The molecule has 0 bridgehead atoms. The Kier molecular flexibility index (Phi) is 1.29. The van der Waals surface area contributed by atoms with Crippen molar-refractivity contribution in [2.45, 2.75) is 12.5 Å². The van der Waals surface area contributed by atoms with Crippen molar-refractivity contribution < 1.29 is 9.59 Å². The number of hydrogen-bond acceptors (Lipinski definition) is 1. The van der Waals surface area contributed by atoms with Gasteiger partial charge in [0.25, 0.3) is 0 Å². The first-order chi connectivity index (χ1) is 3.67. The summed E-state index contributed by atoms with van der Waals surface area (Å²) >= 11 is 0. The highest BCUT2D eigenvalue weighted by atomic mass is 16.3. The minimum atomic E-state index is 0.354. The SMILES string of the molecule is C[N+]1(C)CCC1CO. The Morgan fingerprint density at radius 2 is 2.25 bits per heavy atom. The van der Waals surface area contributed by atoms with E-state index in [0.29, 0.717) is 12.6 Å². The number of quaternary nitrogens is 1. The Bertz CT molecular complexity index is 88.5. The Balaban J connectivity index is 2.37. The molecule has 2 nitrogen and oxygen atoms in total. The molecule has 0 amide bonds. The van der Waals surface area contributed by atoms with Crippen LogP contribution in [0, 0.1) is 0 Å². The number of likely N-dealkylation sites (N-methyl/N-ethyl adjacent to an activating group) is 1. The van der Waals surface area contributed by atoms with Crippen molar-refractivity contribution in [1.82, 2.24) is 0 Å². The monoisotopic (exact) mass is 116 g/mol. The van der Waals surface area contributed by atoms with E-state index in [0.717, 1.165) is 4.48 Å². The second-order valence-corrected chi connectivity index (χ2v) is 3.13. The minimum absolute atomic E-state index is 0.354. The maximum Gasteiger partial charge on any atom is 0.117 e. The molecule has 0 aliphatic carbocycles. The van der Waals surface area contributed by atoms with Crippen molar-refractivity contribution >= 4 is 0 Å². The predicted octanol–water partition coefficient (Wildman–Crippen LogP) is -0.173. The summed E-state index contributed by atoms with van der Waals surface area (Å²) in [6, 6.07) is 0.523. The third kappa shape index (κ3) is 0.740. The maximum absolute atomic E-state index is 8.71. The molecule has 0 spiro atoms. The van der Waals surface area contributed by atoms with Crippen molar-refractivity contribution in [2.75, 3.05) is 27.2 Å². The zero-order chi connectivity index (χ0) is 6.20. The average Bonchev–Trinajstić information content (AvgIpc) is 1.66. The molecule has 1 rings (SSSR count). The van der Waals surface area contributed by atoms with Gasteiger partial charge < -0.3 is 9.59 Å². The maximum atomic E-state index is 8.71. The molecule has 0 aromatic rings. The van der Waals surface area contributed by atoms with Crippen molar-refractivity contribution in [2.24, 2.45) is 0 Å². The number of likely N-dealkylation sites (tertiary alicyclic amines) is 1. The summed E-state index contributed by atoms with van der Waals surface area (Å²) in [6.45, 7) is 1.58. The van der Waals surface area contributed by atoms with Gasteiger partial charge in [-0.2, -0.15) is 0 Å². The van der Waals surface area contributed by atoms with Gasteiger partial charge in [0.2, 0.25) is 0 Å². The molecule has 0 aromatic carbocycles. The number of nitrogens with zero attached hydrogens (tertiary/aromatic N) is 1. The Morgan fingerprint density at radius 3 is 2.25 bits per heavy atom. The van der Waals surface area contributed by atoms with Gasteiger partial charge in [0.15, 0.2) is 0 Å². The van der Waals surface area contributed by atoms with Gasteiger partial charge in [-0.05, 0) is 0 Å². The van der Waals surface area contributed by atoms with E-state index in [-0.39, 0.29) is 0 Å². The minimum Gasteiger partial charge on any atom is -0.390 e. The molecule has 2 heteroatoms. The quantitative estimate of drug-likeness (QED) is 0.471. The Labute approximate surface area is 50.3 Å². The molecule has 48 valence electrons. The van der Waals surface area contributed by atoms with Crippen LogP contribution in [-0.2, 0) is 0 Å². The third-order valence-electron chi connectivity index (χ3n) is 2.24. The molecule has 1 unspecified atom stereocenters. The highest BCUT2D eigenvalue weighted by molar-refractivity contribution is 4.64. The van der Waals surface area contributed by atoms with Gasteiger partial charge in [-0.25, -0.2) is 0 Å². The van der Waals surface area contributed by atoms with Crippen LogP contribution >= 0.6 is 0 Å². The van der Waals surface area contributed by atoms with Crippen LogP contribution in [0.4, 0.5) is 0 Å². The lowest BCUT2D eigenvalue weighted by Crippen LogP contribution is -2.61. The third-order valence-corrected chi connectivity index (χ3v) is 2.24. The van der Waals surface area contributed by atoms with Crippen LogP contribution in [-0.4, -0.2) is 42.9 Å². The Morgan fingerprint density at radius 1 is 1.62 bits per heavy atom. The van der Waals surface area contributed by atoms with Crippen LogP contribution in [0.15, 0.2) is 0 Å². The molecule has 1 aliphatic heterocycles. The fourth-order valence-corrected chi connectivity index (χ4v) is 1.14. The van der Waals surface area contributed by atoms with Crippen molar-refractivity contribution in [3.05, 3.63) is 0 Å². The first-order valence-corrected chi connectivity index (χ1v) is 3.10. The van der Waals surface area contributed by atoms with Gasteiger partial charge in [0, 0.05) is 0 Å². The van der Waals surface area contributed by atoms with E-state index < -0.39 is 0 Å². The zero-order valence-electron chi connectivity index (χ0n) is 5.59. The van der Waals surface area contributed by atoms with Crippen LogP contribution in [0.1, 0.15) is 6.42 Å². The lowest BCUT2D eigenvalue weighted by Gasteiger charge is -2.45. The standard InChI is InChI=1S/C6H14NO/c1-7(2)4-3-6(7)5-8/h6,8H,3-5H2,1-2H3/q+1. The smallest absolute Gasteiger partial charge is 0.117 e. The van der Waals surface area contributed by atoms with Crippen molar-refractivity contribution in [1.29, 1.82) is 0 Å². The normalized spacial score (nSPS) is 34.1. The second-order valence-electron chi connectivity index (χ2n) is 3.13. The van der Waals surface area contributed by atoms with Crippen molar-refractivity contribution in [3.63, 3.8) is 0 Å². The number of aliphatic hydroxyl groups is 1. The molecule has 1 fully saturated rings. The van der Waals surface area contributed by atoms with Gasteiger partial charge in [-0.3, -0.25) is 0 Å². The van der Waals surface area contributed by atoms with E-state index >= 15 is 0 Å². The lowest BCUT2D eigenvalue weighted by molar-refractivity contribution is -0.955. The van der Waals surface area contributed by atoms with E-state index in [2.05, 4.69) is 14.1 Å². The van der Waals surface area contributed by atoms with Crippen LogP contribution in [0.25, 0.3) is 0 Å². The topological polar surface area (TPSA) is 20.2 Å². The first-order valence-electron chi connectivity index (χ1n) is 3.10. The van der Waals surface area contributed by atoms with E-state index in [1.54, 1.807) is 0 Å². The molecule has 1 heterocycles. The van der Waals surface area contributed by atoms with Crippen LogP contribution in [0.2, 0.25) is 0 Å². The number of aliphatic hydroxyl groups excluding tert-OH is 1. The highest BCUT2D eigenvalue weighted by Gasteiger charge is 2.37. The lowest BCUT2D eigenvalue weighted by atomic mass is 10.0. The van der Waals surface area contributed by atoms with Gasteiger partial charge in [-0.1, -0.05) is 0 Å². The number of rotatable bonds is 1. The predicted molar refractivity (Wildman–Crippen MR) is 32.5 cm³/mol. The zero-order valence-corrected chi connectivity index (χ0v) is 5.59. The van der Waals surface area contributed by atoms with Crippen LogP contribution in [0.5, 0.6) is 0 Å². The second kappa shape index (κ2) is 1.71. The summed E-state index contributed by atoms with van der Waals surface area (Å²) < 4.78 is 1.01. The largest absolute Gasteiger partial charge is 0.390 e. The molecule has 1 atom stereocenters. The number of hydrogen-bond donors (Lipinski definition) is 1. The average molecular weight is 116 g/mol. The summed E-state index contributed by atoms with van der Waals surface area (Å²) in [5.74, 6) is 0. The fraction of sp³-hybridized carbons (Fsp3) is 1.00. The Hall–Kier alpha value is -0.0800. The molecular weight excluding hydrogens is 102 g/mol. The van der Waals surface area contributed by atoms with E-state index in [1.807, 2.05) is 0 Å². The van der Waals surface area contributed by atoms with E-state index in [4.69, 9.17) is 5.11 Å². The van der Waals surface area contributed by atoms with E-state index in [9.17, 15) is 0 Å². The van der Waals surface area contributed by atoms with E-state index in [1.165, 1.54) is 13.0 Å². The van der Waals surface area contributed by atoms with Gasteiger partial charge in [0.05, 0.1) is 33.7 Å². The molecule has 1 aliphatic rings. The summed E-state index contributed by atoms with van der Waals surface area (Å²) in [7, 11) is 4.31. The van der Waals surface area contributed by atoms with Gasteiger partial charge >= 0.3 is 0 Å². The first kappa shape index (κ1) is 6.05. The molecule has 1 saturated heterocycles. The molecular formula is C6H14NO+. The highest BCUT2D eigenvalue weighted by Crippen LogP contribution is 2.21. The summed E-state index contributed by atoms with van der Waals surface area (Å²) in [5, 5.41) is 8.71. The molecule has 0 aromatic heterocycles. The summed E-state index contributed by atoms with van der Waals surface area (Å²) in [4.78, 5) is 0. The van der Waals surface area contributed by atoms with Crippen LogP contribution < -0.4 is 0 Å². The van der Waals surface area contributed by atoms with Gasteiger partial charge in [-0.15, -0.1) is 0 Å². The summed E-state index contributed by atoms with van der Waals surface area (Å²) in [5.41, 5.74) is 0. The molecule has 1 N–H and O–H groups in total. The molecule has 0 radical (unpaired) electrons. The summed E-state index contributed by atoms with van der Waals surface area (Å²) in [6.07, 6.45) is 1.20. The fourth-order valence-electron chi connectivity index (χ4n) is 1.14. The molecule has 0 saturated carbocycles. The molecule has 8 heavy (non-hydrogen) atoms.